The van der Waals surface area contributed by atoms with E-state index in [9.17, 15) is 4.79 Å². The molecule has 0 aliphatic rings. The van der Waals surface area contributed by atoms with Crippen LogP contribution in [0, 0.1) is 0 Å². The van der Waals surface area contributed by atoms with Crippen molar-refractivity contribution >= 4 is 21.8 Å². The fraction of sp³-hybridized carbons (Fsp3) is 0.636. The van der Waals surface area contributed by atoms with Crippen molar-refractivity contribution in [2.45, 2.75) is 32.2 Å². The molecule has 0 spiro atoms. The third-order valence-corrected chi connectivity index (χ3v) is 3.29. The summed E-state index contributed by atoms with van der Waals surface area (Å²) in [5.74, 6) is -0.0645. The third kappa shape index (κ3) is 3.07. The van der Waals surface area contributed by atoms with E-state index >= 15 is 0 Å². The van der Waals surface area contributed by atoms with E-state index in [1.54, 1.807) is 24.0 Å². The summed E-state index contributed by atoms with van der Waals surface area (Å²) in [6, 6.07) is 1.72. The van der Waals surface area contributed by atoms with Gasteiger partial charge in [0.25, 0.3) is 5.91 Å². The van der Waals surface area contributed by atoms with Crippen molar-refractivity contribution in [1.82, 2.24) is 15.1 Å². The maximum absolute atomic E-state index is 12.0. The lowest BCUT2D eigenvalue weighted by molar-refractivity contribution is 0.0892. The Bertz CT molecular complexity index is 364. The molecule has 1 N–H and O–H groups in total. The molecule has 1 atom stereocenters. The predicted octanol–water partition coefficient (Wildman–Crippen LogP) is 2.10. The molecule has 0 fully saturated rings. The van der Waals surface area contributed by atoms with Gasteiger partial charge >= 0.3 is 0 Å². The Labute approximate surface area is 105 Å². The summed E-state index contributed by atoms with van der Waals surface area (Å²) in [4.78, 5) is 12.0. The topological polar surface area (TPSA) is 46.9 Å². The Hall–Kier alpha value is -0.840. The molecule has 1 aromatic heterocycles. The lowest BCUT2D eigenvalue weighted by Crippen LogP contribution is -2.46. The second-order valence-corrected chi connectivity index (χ2v) is 4.94. The number of carbonyl (C=O) groups excluding carboxylic acids is 1. The smallest absolute Gasteiger partial charge is 0.269 e. The van der Waals surface area contributed by atoms with Gasteiger partial charge in [0.1, 0.15) is 5.69 Å². The molecular formula is C11H18BrN3O. The van der Waals surface area contributed by atoms with Crippen molar-refractivity contribution in [2.75, 3.05) is 5.33 Å². The highest BCUT2D eigenvalue weighted by Crippen LogP contribution is 2.16. The van der Waals surface area contributed by atoms with E-state index in [1.807, 2.05) is 0 Å². The Morgan fingerprint density at radius 2 is 2.38 bits per heavy atom. The Morgan fingerprint density at radius 3 is 2.81 bits per heavy atom. The fourth-order valence-corrected chi connectivity index (χ4v) is 2.35. The number of aryl methyl sites for hydroxylation is 1. The van der Waals surface area contributed by atoms with Crippen molar-refractivity contribution in [3.8, 4) is 0 Å². The molecule has 16 heavy (non-hydrogen) atoms. The van der Waals surface area contributed by atoms with Gasteiger partial charge < -0.3 is 5.32 Å². The summed E-state index contributed by atoms with van der Waals surface area (Å²) in [5.41, 5.74) is 0.430. The number of rotatable bonds is 5. The van der Waals surface area contributed by atoms with Crippen LogP contribution in [0.3, 0.4) is 0 Å². The molecule has 0 radical (unpaired) electrons. The molecule has 0 saturated carbocycles. The molecule has 1 heterocycles. The number of nitrogens with zero attached hydrogens (tertiary/aromatic N) is 2. The number of carbonyl (C=O) groups is 1. The molecule has 0 aromatic carbocycles. The van der Waals surface area contributed by atoms with Crippen LogP contribution in [0.15, 0.2) is 12.3 Å². The van der Waals surface area contributed by atoms with Gasteiger partial charge in [0.15, 0.2) is 0 Å². The van der Waals surface area contributed by atoms with E-state index in [0.29, 0.717) is 5.69 Å². The van der Waals surface area contributed by atoms with Crippen molar-refractivity contribution in [3.63, 3.8) is 0 Å². The van der Waals surface area contributed by atoms with Crippen LogP contribution in [-0.2, 0) is 7.05 Å². The molecule has 5 heteroatoms. The van der Waals surface area contributed by atoms with Crippen molar-refractivity contribution in [2.24, 2.45) is 7.05 Å². The molecule has 1 aromatic rings. The molecule has 1 amide bonds. The number of halogens is 1. The normalized spacial score (nSPS) is 14.5. The molecule has 0 aliphatic heterocycles. The summed E-state index contributed by atoms with van der Waals surface area (Å²) in [5, 5.41) is 7.92. The SMILES string of the molecule is CCC(C)(CCBr)NC(=O)c1ccnn1C. The van der Waals surface area contributed by atoms with Crippen LogP contribution in [-0.4, -0.2) is 26.6 Å². The maximum atomic E-state index is 12.0. The monoisotopic (exact) mass is 287 g/mol. The second-order valence-electron chi connectivity index (χ2n) is 4.15. The van der Waals surface area contributed by atoms with Crippen molar-refractivity contribution in [3.05, 3.63) is 18.0 Å². The van der Waals surface area contributed by atoms with E-state index in [0.717, 1.165) is 18.2 Å². The average molecular weight is 288 g/mol. The fourth-order valence-electron chi connectivity index (χ4n) is 1.47. The summed E-state index contributed by atoms with van der Waals surface area (Å²) >= 11 is 3.41. The number of nitrogens with one attached hydrogen (secondary N) is 1. The average Bonchev–Trinajstić information content (AvgIpc) is 2.65. The van der Waals surface area contributed by atoms with E-state index in [4.69, 9.17) is 0 Å². The summed E-state index contributed by atoms with van der Waals surface area (Å²) < 4.78 is 1.58. The van der Waals surface area contributed by atoms with Crippen LogP contribution < -0.4 is 5.32 Å². The molecular weight excluding hydrogens is 270 g/mol. The van der Waals surface area contributed by atoms with E-state index in [2.05, 4.69) is 40.2 Å². The lowest BCUT2D eigenvalue weighted by Gasteiger charge is -2.28. The first kappa shape index (κ1) is 13.2. The van der Waals surface area contributed by atoms with E-state index in [-0.39, 0.29) is 11.4 Å². The van der Waals surface area contributed by atoms with Gasteiger partial charge in [0.05, 0.1) is 0 Å². The van der Waals surface area contributed by atoms with Crippen molar-refractivity contribution in [1.29, 1.82) is 0 Å². The predicted molar refractivity (Wildman–Crippen MR) is 67.8 cm³/mol. The van der Waals surface area contributed by atoms with Crippen molar-refractivity contribution < 1.29 is 4.79 Å². The zero-order valence-electron chi connectivity index (χ0n) is 9.96. The molecule has 0 aliphatic carbocycles. The molecule has 0 saturated heterocycles. The van der Waals surface area contributed by atoms with Crippen LogP contribution in [0.5, 0.6) is 0 Å². The van der Waals surface area contributed by atoms with Gasteiger partial charge in [0, 0.05) is 24.1 Å². The quantitative estimate of drug-likeness (QED) is 0.843. The van der Waals surface area contributed by atoms with Gasteiger partial charge in [-0.3, -0.25) is 9.48 Å². The van der Waals surface area contributed by atoms with Gasteiger partial charge in [-0.05, 0) is 25.8 Å². The first-order valence-corrected chi connectivity index (χ1v) is 6.51. The zero-order valence-corrected chi connectivity index (χ0v) is 11.5. The second kappa shape index (κ2) is 5.48. The van der Waals surface area contributed by atoms with Crippen LogP contribution in [0.1, 0.15) is 37.2 Å². The largest absolute Gasteiger partial charge is 0.346 e. The Morgan fingerprint density at radius 1 is 1.69 bits per heavy atom. The summed E-state index contributed by atoms with van der Waals surface area (Å²) in [6.07, 6.45) is 3.44. The zero-order chi connectivity index (χ0) is 12.2. The highest BCUT2D eigenvalue weighted by molar-refractivity contribution is 9.09. The highest BCUT2D eigenvalue weighted by Gasteiger charge is 2.24. The minimum Gasteiger partial charge on any atom is -0.346 e. The van der Waals surface area contributed by atoms with Gasteiger partial charge in [0.2, 0.25) is 0 Å². The molecule has 90 valence electrons. The third-order valence-electron chi connectivity index (χ3n) is 2.90. The Balaban J connectivity index is 2.73. The minimum atomic E-state index is -0.162. The lowest BCUT2D eigenvalue weighted by atomic mass is 9.95. The number of alkyl halides is 1. The highest BCUT2D eigenvalue weighted by atomic mass is 79.9. The standard InChI is InChI=1S/C11H18BrN3O/c1-4-11(2,6-7-12)14-10(16)9-5-8-13-15(9)3/h5,8H,4,6-7H2,1-3H3,(H,14,16). The number of hydrogen-bond donors (Lipinski definition) is 1. The van der Waals surface area contributed by atoms with Gasteiger partial charge in [-0.2, -0.15) is 5.10 Å². The van der Waals surface area contributed by atoms with Gasteiger partial charge in [-0.15, -0.1) is 0 Å². The van der Waals surface area contributed by atoms with Crippen LogP contribution in [0.2, 0.25) is 0 Å². The number of aromatic nitrogens is 2. The summed E-state index contributed by atoms with van der Waals surface area (Å²) in [6.45, 7) is 4.13. The maximum Gasteiger partial charge on any atom is 0.269 e. The molecule has 1 unspecified atom stereocenters. The first-order valence-electron chi connectivity index (χ1n) is 5.39. The Kier molecular flexibility index (Phi) is 4.53. The van der Waals surface area contributed by atoms with Gasteiger partial charge in [-0.25, -0.2) is 0 Å². The number of amides is 1. The van der Waals surface area contributed by atoms with Crippen LogP contribution in [0.4, 0.5) is 0 Å². The van der Waals surface area contributed by atoms with E-state index < -0.39 is 0 Å². The minimum absolute atomic E-state index is 0.0645. The summed E-state index contributed by atoms with van der Waals surface area (Å²) in [7, 11) is 1.77. The van der Waals surface area contributed by atoms with Crippen LogP contribution >= 0.6 is 15.9 Å². The molecule has 4 nitrogen and oxygen atoms in total. The van der Waals surface area contributed by atoms with E-state index in [1.165, 1.54) is 0 Å². The molecule has 1 rings (SSSR count). The van der Waals surface area contributed by atoms with Crippen LogP contribution in [0.25, 0.3) is 0 Å². The first-order chi connectivity index (χ1) is 7.52. The molecule has 0 bridgehead atoms. The number of hydrogen-bond acceptors (Lipinski definition) is 2. The van der Waals surface area contributed by atoms with Gasteiger partial charge in [-0.1, -0.05) is 22.9 Å².